The van der Waals surface area contributed by atoms with Crippen LogP contribution < -0.4 is 5.32 Å². The normalized spacial score (nSPS) is 13.2. The molecule has 2 rings (SSSR count). The van der Waals surface area contributed by atoms with Gasteiger partial charge in [0.1, 0.15) is 4.90 Å². The molecule has 0 aliphatic carbocycles. The highest BCUT2D eigenvalue weighted by Crippen LogP contribution is 2.25. The van der Waals surface area contributed by atoms with E-state index in [0.717, 1.165) is 15.6 Å². The van der Waals surface area contributed by atoms with Crippen molar-refractivity contribution in [3.63, 3.8) is 0 Å². The van der Waals surface area contributed by atoms with Gasteiger partial charge in [0.05, 0.1) is 12.6 Å². The quantitative estimate of drug-likeness (QED) is 0.762. The van der Waals surface area contributed by atoms with E-state index in [4.69, 9.17) is 0 Å². The molecule has 0 bridgehead atoms. The average molecular weight is 382 g/mol. The van der Waals surface area contributed by atoms with Gasteiger partial charge in [-0.1, -0.05) is 19.9 Å². The van der Waals surface area contributed by atoms with Crippen molar-refractivity contribution >= 4 is 27.3 Å². The molecule has 0 aliphatic heterocycles. The molecule has 2 aromatic rings. The van der Waals surface area contributed by atoms with E-state index in [0.29, 0.717) is 5.92 Å². The number of hydrogen-bond donors (Lipinski definition) is 1. The van der Waals surface area contributed by atoms with Crippen LogP contribution in [-0.2, 0) is 14.8 Å². The van der Waals surface area contributed by atoms with Crippen molar-refractivity contribution < 1.29 is 13.2 Å². The molecule has 136 valence electrons. The number of amides is 1. The third kappa shape index (κ3) is 5.35. The van der Waals surface area contributed by atoms with Crippen molar-refractivity contribution in [2.45, 2.75) is 31.2 Å². The molecule has 2 heterocycles. The van der Waals surface area contributed by atoms with Crippen LogP contribution in [0.3, 0.4) is 0 Å². The lowest BCUT2D eigenvalue weighted by molar-refractivity contribution is -0.122. The zero-order valence-electron chi connectivity index (χ0n) is 14.5. The van der Waals surface area contributed by atoms with Gasteiger partial charge in [0.15, 0.2) is 0 Å². The first kappa shape index (κ1) is 19.6. The number of nitrogens with one attached hydrogen (secondary N) is 1. The van der Waals surface area contributed by atoms with Crippen LogP contribution in [0.25, 0.3) is 0 Å². The van der Waals surface area contributed by atoms with Crippen molar-refractivity contribution in [3.05, 3.63) is 46.9 Å². The summed E-state index contributed by atoms with van der Waals surface area (Å²) in [5.41, 5.74) is 0. The predicted octanol–water partition coefficient (Wildman–Crippen LogP) is 2.67. The Morgan fingerprint density at radius 3 is 2.64 bits per heavy atom. The van der Waals surface area contributed by atoms with E-state index in [1.165, 1.54) is 25.5 Å². The summed E-state index contributed by atoms with van der Waals surface area (Å²) in [5, 5.41) is 4.92. The zero-order valence-corrected chi connectivity index (χ0v) is 16.2. The minimum atomic E-state index is -3.73. The third-order valence-electron chi connectivity index (χ3n) is 3.64. The first-order chi connectivity index (χ1) is 11.8. The van der Waals surface area contributed by atoms with Crippen molar-refractivity contribution in [3.8, 4) is 0 Å². The van der Waals surface area contributed by atoms with E-state index >= 15 is 0 Å². The summed E-state index contributed by atoms with van der Waals surface area (Å²) in [6, 6.07) is 6.83. The smallest absolute Gasteiger partial charge is 0.244 e. The van der Waals surface area contributed by atoms with E-state index in [2.05, 4.69) is 24.1 Å². The minimum absolute atomic E-state index is 0.0716. The summed E-state index contributed by atoms with van der Waals surface area (Å²) in [7, 11) is -2.34. The van der Waals surface area contributed by atoms with Gasteiger partial charge in [-0.05, 0) is 35.9 Å². The molecule has 0 spiro atoms. The van der Waals surface area contributed by atoms with Crippen LogP contribution in [0.1, 0.15) is 31.2 Å². The summed E-state index contributed by atoms with van der Waals surface area (Å²) < 4.78 is 26.0. The van der Waals surface area contributed by atoms with Crippen LogP contribution >= 0.6 is 11.3 Å². The molecule has 1 atom stereocenters. The molecule has 0 aromatic carbocycles. The van der Waals surface area contributed by atoms with Gasteiger partial charge in [0.2, 0.25) is 15.9 Å². The number of hydrogen-bond acceptors (Lipinski definition) is 5. The summed E-state index contributed by atoms with van der Waals surface area (Å²) >= 11 is 1.58. The molecule has 1 N–H and O–H groups in total. The minimum Gasteiger partial charge on any atom is -0.347 e. The summed E-state index contributed by atoms with van der Waals surface area (Å²) in [4.78, 5) is 17.4. The lowest BCUT2D eigenvalue weighted by atomic mass is 10.0. The van der Waals surface area contributed by atoms with Crippen LogP contribution in [-0.4, -0.2) is 37.2 Å². The molecule has 0 saturated carbocycles. The molecule has 0 radical (unpaired) electrons. The number of aromatic nitrogens is 1. The maximum Gasteiger partial charge on any atom is 0.244 e. The number of likely N-dealkylation sites (N-methyl/N-ethyl adjacent to an activating group) is 1. The molecule has 1 amide bonds. The maximum absolute atomic E-state index is 12.5. The molecular weight excluding hydrogens is 358 g/mol. The first-order valence-electron chi connectivity index (χ1n) is 8.00. The van der Waals surface area contributed by atoms with Crippen molar-refractivity contribution in [2.24, 2.45) is 5.92 Å². The zero-order chi connectivity index (χ0) is 18.4. The number of thiophene rings is 1. The van der Waals surface area contributed by atoms with E-state index in [1.54, 1.807) is 17.4 Å². The fourth-order valence-corrected chi connectivity index (χ4v) is 4.30. The van der Waals surface area contributed by atoms with Crippen molar-refractivity contribution in [1.82, 2.24) is 14.6 Å². The monoisotopic (exact) mass is 381 g/mol. The predicted molar refractivity (Wildman–Crippen MR) is 98.7 cm³/mol. The highest BCUT2D eigenvalue weighted by Gasteiger charge is 2.24. The number of sulfonamides is 1. The number of carbonyl (C=O) groups is 1. The number of nitrogens with zero attached hydrogens (tertiary/aromatic N) is 2. The van der Waals surface area contributed by atoms with Gasteiger partial charge < -0.3 is 5.32 Å². The lowest BCUT2D eigenvalue weighted by Crippen LogP contribution is -2.40. The Morgan fingerprint density at radius 2 is 2.08 bits per heavy atom. The first-order valence-corrected chi connectivity index (χ1v) is 10.3. The lowest BCUT2D eigenvalue weighted by Gasteiger charge is -2.22. The van der Waals surface area contributed by atoms with Crippen LogP contribution in [0, 0.1) is 5.92 Å². The van der Waals surface area contributed by atoms with Crippen molar-refractivity contribution in [1.29, 1.82) is 0 Å². The van der Waals surface area contributed by atoms with E-state index in [9.17, 15) is 13.2 Å². The van der Waals surface area contributed by atoms with Crippen LogP contribution in [0.2, 0.25) is 0 Å². The Kier molecular flexibility index (Phi) is 6.69. The van der Waals surface area contributed by atoms with Gasteiger partial charge in [-0.3, -0.25) is 9.78 Å². The molecule has 1 unspecified atom stereocenters. The summed E-state index contributed by atoms with van der Waals surface area (Å²) in [6.07, 6.45) is 3.57. The van der Waals surface area contributed by atoms with Crippen LogP contribution in [0.15, 0.2) is 46.9 Å². The Hall–Kier alpha value is -1.77. The molecule has 0 saturated heterocycles. The molecule has 2 aromatic heterocycles. The number of rotatable bonds is 8. The molecule has 0 fully saturated rings. The Morgan fingerprint density at radius 1 is 1.32 bits per heavy atom. The van der Waals surface area contributed by atoms with Crippen molar-refractivity contribution in [2.75, 3.05) is 13.6 Å². The van der Waals surface area contributed by atoms with E-state index in [-0.39, 0.29) is 23.4 Å². The average Bonchev–Trinajstić information content (AvgIpc) is 3.09. The summed E-state index contributed by atoms with van der Waals surface area (Å²) in [6.45, 7) is 3.94. The molecule has 25 heavy (non-hydrogen) atoms. The second-order valence-electron chi connectivity index (χ2n) is 6.21. The fourth-order valence-electron chi connectivity index (χ4n) is 2.41. The highest BCUT2D eigenvalue weighted by atomic mass is 32.2. The van der Waals surface area contributed by atoms with E-state index < -0.39 is 10.0 Å². The van der Waals surface area contributed by atoms with Gasteiger partial charge in [0.25, 0.3) is 0 Å². The standard InChI is InChI=1S/C17H23N3O3S2/c1-13(2)10-15(16-7-5-9-24-16)19-17(21)12-20(3)25(22,23)14-6-4-8-18-11-14/h4-9,11,13,15H,10,12H2,1-3H3,(H,19,21). The maximum atomic E-state index is 12.5. The van der Waals surface area contributed by atoms with Gasteiger partial charge in [0, 0.05) is 24.3 Å². The fraction of sp³-hybridized carbons (Fsp3) is 0.412. The van der Waals surface area contributed by atoms with Crippen LogP contribution in [0.4, 0.5) is 0 Å². The summed E-state index contributed by atoms with van der Waals surface area (Å²) in [5.74, 6) is 0.0817. The SMILES string of the molecule is CC(C)CC(NC(=O)CN(C)S(=O)(=O)c1cccnc1)c1cccs1. The van der Waals surface area contributed by atoms with Gasteiger partial charge in [-0.15, -0.1) is 11.3 Å². The Bertz CT molecular complexity index is 775. The van der Waals surface area contributed by atoms with Gasteiger partial charge in [-0.25, -0.2) is 8.42 Å². The third-order valence-corrected chi connectivity index (χ3v) is 6.41. The highest BCUT2D eigenvalue weighted by molar-refractivity contribution is 7.89. The second kappa shape index (κ2) is 8.55. The Labute approximate surface area is 153 Å². The molecular formula is C17H23N3O3S2. The second-order valence-corrected chi connectivity index (χ2v) is 9.24. The number of carbonyl (C=O) groups excluding carboxylic acids is 1. The van der Waals surface area contributed by atoms with E-state index in [1.807, 2.05) is 17.5 Å². The number of pyridine rings is 1. The molecule has 8 heteroatoms. The molecule has 0 aliphatic rings. The molecule has 6 nitrogen and oxygen atoms in total. The largest absolute Gasteiger partial charge is 0.347 e. The van der Waals surface area contributed by atoms with Gasteiger partial charge in [-0.2, -0.15) is 4.31 Å². The van der Waals surface area contributed by atoms with Crippen LogP contribution in [0.5, 0.6) is 0 Å². The Balaban J connectivity index is 2.05. The van der Waals surface area contributed by atoms with Gasteiger partial charge >= 0.3 is 0 Å². The topological polar surface area (TPSA) is 79.4 Å².